The predicted octanol–water partition coefficient (Wildman–Crippen LogP) is 3.29. The average molecular weight is 180 g/mol. The molecule has 1 aromatic heterocycles. The molecule has 0 saturated heterocycles. The van der Waals surface area contributed by atoms with Crippen molar-refractivity contribution < 1.29 is 0 Å². The van der Waals surface area contributed by atoms with Gasteiger partial charge in [-0.15, -0.1) is 0 Å². The van der Waals surface area contributed by atoms with Gasteiger partial charge in [-0.2, -0.15) is 4.37 Å². The molecule has 0 spiro atoms. The molecular weight excluding hydrogens is 168 g/mol. The van der Waals surface area contributed by atoms with Crippen LogP contribution >= 0.6 is 11.5 Å². The molecule has 0 saturated carbocycles. The van der Waals surface area contributed by atoms with E-state index in [0.29, 0.717) is 0 Å². The van der Waals surface area contributed by atoms with Gasteiger partial charge in [0.05, 0.1) is 0 Å². The summed E-state index contributed by atoms with van der Waals surface area (Å²) < 4.78 is 4.16. The zero-order valence-corrected chi connectivity index (χ0v) is 8.14. The van der Waals surface area contributed by atoms with E-state index in [-0.39, 0.29) is 0 Å². The van der Waals surface area contributed by atoms with E-state index in [9.17, 15) is 0 Å². The standard InChI is InChI=1S/C9H12N2S/c1-3-5-8-7-12-11-9(8)10-6-4-2/h3,5-7H,4H2,1-2H3/b5-3-,10-6?. The molecule has 64 valence electrons. The Bertz CT molecular complexity index is 286. The second-order valence-corrected chi connectivity index (χ2v) is 2.94. The van der Waals surface area contributed by atoms with Gasteiger partial charge in [-0.05, 0) is 24.9 Å². The van der Waals surface area contributed by atoms with Crippen molar-refractivity contribution in [3.8, 4) is 0 Å². The molecule has 0 atom stereocenters. The third-order valence-corrected chi connectivity index (χ3v) is 1.96. The molecule has 0 N–H and O–H groups in total. The van der Waals surface area contributed by atoms with Crippen LogP contribution in [0.15, 0.2) is 16.4 Å². The van der Waals surface area contributed by atoms with E-state index >= 15 is 0 Å². The van der Waals surface area contributed by atoms with Crippen LogP contribution in [0.2, 0.25) is 0 Å². The molecule has 0 fully saturated rings. The van der Waals surface area contributed by atoms with E-state index in [1.165, 1.54) is 11.5 Å². The van der Waals surface area contributed by atoms with Gasteiger partial charge in [-0.25, -0.2) is 4.99 Å². The van der Waals surface area contributed by atoms with Crippen molar-refractivity contribution in [1.82, 2.24) is 4.37 Å². The Labute approximate surface area is 76.8 Å². The van der Waals surface area contributed by atoms with E-state index in [1.807, 2.05) is 30.7 Å². The molecule has 0 aromatic carbocycles. The van der Waals surface area contributed by atoms with Gasteiger partial charge in [0.2, 0.25) is 0 Å². The molecule has 2 nitrogen and oxygen atoms in total. The van der Waals surface area contributed by atoms with Crippen LogP contribution in [0.4, 0.5) is 5.82 Å². The highest BCUT2D eigenvalue weighted by atomic mass is 32.1. The summed E-state index contributed by atoms with van der Waals surface area (Å²) in [5.74, 6) is 0.833. The lowest BCUT2D eigenvalue weighted by Gasteiger charge is -1.87. The topological polar surface area (TPSA) is 25.2 Å². The molecule has 0 aliphatic heterocycles. The van der Waals surface area contributed by atoms with Crippen molar-refractivity contribution in [3.63, 3.8) is 0 Å². The summed E-state index contributed by atoms with van der Waals surface area (Å²) in [7, 11) is 0. The Morgan fingerprint density at radius 3 is 3.17 bits per heavy atom. The highest BCUT2D eigenvalue weighted by molar-refractivity contribution is 7.04. The van der Waals surface area contributed by atoms with Crippen LogP contribution in [0.25, 0.3) is 6.08 Å². The second kappa shape index (κ2) is 4.83. The molecule has 1 rings (SSSR count). The summed E-state index contributed by atoms with van der Waals surface area (Å²) >= 11 is 1.44. The first kappa shape index (κ1) is 9.13. The van der Waals surface area contributed by atoms with Gasteiger partial charge in [-0.1, -0.05) is 19.1 Å². The maximum absolute atomic E-state index is 4.23. The summed E-state index contributed by atoms with van der Waals surface area (Å²) in [6.45, 7) is 4.05. The Balaban J connectivity index is 2.83. The third-order valence-electron chi connectivity index (χ3n) is 1.32. The van der Waals surface area contributed by atoms with Gasteiger partial charge in [0.1, 0.15) is 0 Å². The van der Waals surface area contributed by atoms with E-state index in [1.54, 1.807) is 0 Å². The van der Waals surface area contributed by atoms with Gasteiger partial charge in [-0.3, -0.25) is 0 Å². The number of nitrogens with zero attached hydrogens (tertiary/aromatic N) is 2. The van der Waals surface area contributed by atoms with Crippen LogP contribution in [-0.2, 0) is 0 Å². The first-order valence-electron chi connectivity index (χ1n) is 3.98. The fraction of sp³-hybridized carbons (Fsp3) is 0.333. The minimum atomic E-state index is 0.833. The smallest absolute Gasteiger partial charge is 0.172 e. The fourth-order valence-corrected chi connectivity index (χ4v) is 1.41. The minimum Gasteiger partial charge on any atom is -0.240 e. The largest absolute Gasteiger partial charge is 0.240 e. The third kappa shape index (κ3) is 2.27. The molecule has 0 bridgehead atoms. The average Bonchev–Trinajstić information content (AvgIpc) is 2.50. The molecule has 1 heterocycles. The Morgan fingerprint density at radius 2 is 2.50 bits per heavy atom. The molecule has 0 radical (unpaired) electrons. The van der Waals surface area contributed by atoms with Crippen molar-refractivity contribution in [3.05, 3.63) is 17.0 Å². The number of aliphatic imine (C=N–C) groups is 1. The molecule has 0 amide bonds. The fourth-order valence-electron chi connectivity index (χ4n) is 0.808. The summed E-state index contributed by atoms with van der Waals surface area (Å²) in [6, 6.07) is 0. The van der Waals surface area contributed by atoms with Crippen molar-refractivity contribution in [1.29, 1.82) is 0 Å². The number of rotatable bonds is 3. The zero-order chi connectivity index (χ0) is 8.81. The molecular formula is C9H12N2S. The molecule has 0 aliphatic rings. The van der Waals surface area contributed by atoms with Gasteiger partial charge >= 0.3 is 0 Å². The monoisotopic (exact) mass is 180 g/mol. The van der Waals surface area contributed by atoms with E-state index in [0.717, 1.165) is 17.8 Å². The molecule has 1 aromatic rings. The Hall–Kier alpha value is -0.960. The lowest BCUT2D eigenvalue weighted by atomic mass is 10.3. The number of hydrogen-bond acceptors (Lipinski definition) is 3. The van der Waals surface area contributed by atoms with Gasteiger partial charge in [0.15, 0.2) is 5.82 Å². The Kier molecular flexibility index (Phi) is 3.67. The summed E-state index contributed by atoms with van der Waals surface area (Å²) in [4.78, 5) is 4.23. The van der Waals surface area contributed by atoms with Crippen LogP contribution in [0.1, 0.15) is 25.8 Å². The van der Waals surface area contributed by atoms with Gasteiger partial charge < -0.3 is 0 Å². The molecule has 12 heavy (non-hydrogen) atoms. The van der Waals surface area contributed by atoms with E-state index < -0.39 is 0 Å². The number of allylic oxidation sites excluding steroid dienone is 1. The highest BCUT2D eigenvalue weighted by Gasteiger charge is 1.98. The number of aromatic nitrogens is 1. The van der Waals surface area contributed by atoms with Crippen LogP contribution in [0, 0.1) is 0 Å². The first-order valence-corrected chi connectivity index (χ1v) is 4.81. The van der Waals surface area contributed by atoms with Crippen LogP contribution in [-0.4, -0.2) is 10.6 Å². The maximum Gasteiger partial charge on any atom is 0.172 e. The Morgan fingerprint density at radius 1 is 1.67 bits per heavy atom. The van der Waals surface area contributed by atoms with Crippen LogP contribution in [0.5, 0.6) is 0 Å². The van der Waals surface area contributed by atoms with E-state index in [4.69, 9.17) is 0 Å². The minimum absolute atomic E-state index is 0.833. The molecule has 0 unspecified atom stereocenters. The summed E-state index contributed by atoms with van der Waals surface area (Å²) in [5, 5.41) is 2.00. The first-order chi connectivity index (χ1) is 5.88. The van der Waals surface area contributed by atoms with Crippen molar-refractivity contribution in [2.24, 2.45) is 4.99 Å². The highest BCUT2D eigenvalue weighted by Crippen LogP contribution is 2.20. The second-order valence-electron chi connectivity index (χ2n) is 2.31. The quantitative estimate of drug-likeness (QED) is 0.655. The maximum atomic E-state index is 4.23. The number of hydrogen-bond donors (Lipinski definition) is 0. The lowest BCUT2D eigenvalue weighted by molar-refractivity contribution is 1.30. The van der Waals surface area contributed by atoms with Crippen LogP contribution in [0.3, 0.4) is 0 Å². The molecule has 3 heteroatoms. The predicted molar refractivity (Wildman–Crippen MR) is 55.3 cm³/mol. The van der Waals surface area contributed by atoms with E-state index in [2.05, 4.69) is 16.3 Å². The van der Waals surface area contributed by atoms with Crippen LogP contribution < -0.4 is 0 Å². The molecule has 0 aliphatic carbocycles. The van der Waals surface area contributed by atoms with Gasteiger partial charge in [0.25, 0.3) is 0 Å². The van der Waals surface area contributed by atoms with Crippen molar-refractivity contribution in [2.45, 2.75) is 20.3 Å². The SMILES string of the molecule is C/C=C\c1csnc1N=CCC. The summed E-state index contributed by atoms with van der Waals surface area (Å²) in [5.41, 5.74) is 1.10. The normalized spacial score (nSPS) is 11.8. The zero-order valence-electron chi connectivity index (χ0n) is 7.32. The van der Waals surface area contributed by atoms with Crippen molar-refractivity contribution >= 4 is 29.6 Å². The van der Waals surface area contributed by atoms with Crippen molar-refractivity contribution in [2.75, 3.05) is 0 Å². The lowest BCUT2D eigenvalue weighted by Crippen LogP contribution is -1.70. The van der Waals surface area contributed by atoms with Gasteiger partial charge in [0, 0.05) is 17.2 Å². The summed E-state index contributed by atoms with van der Waals surface area (Å²) in [6.07, 6.45) is 6.84.